The second-order valence-corrected chi connectivity index (χ2v) is 6.22. The summed E-state index contributed by atoms with van der Waals surface area (Å²) in [5.41, 5.74) is 7.84. The molecule has 2 aromatic rings. The van der Waals surface area contributed by atoms with Crippen molar-refractivity contribution in [2.75, 3.05) is 11.9 Å². The number of aryl methyl sites for hydroxylation is 2. The first-order valence-corrected chi connectivity index (χ1v) is 8.20. The van der Waals surface area contributed by atoms with E-state index < -0.39 is 0 Å². The van der Waals surface area contributed by atoms with Crippen LogP contribution in [0.3, 0.4) is 0 Å². The number of nitrogens with zero attached hydrogens (tertiary/aromatic N) is 1. The molecule has 1 amide bonds. The predicted octanol–water partition coefficient (Wildman–Crippen LogP) is 3.89. The highest BCUT2D eigenvalue weighted by Crippen LogP contribution is 2.15. The van der Waals surface area contributed by atoms with Crippen LogP contribution in [0.15, 0.2) is 53.6 Å². The molecule has 126 valence electrons. The first-order valence-electron chi connectivity index (χ1n) is 8.20. The quantitative estimate of drug-likeness (QED) is 0.626. The van der Waals surface area contributed by atoms with Crippen LogP contribution in [0.2, 0.25) is 0 Å². The number of amides is 1. The third-order valence-electron chi connectivity index (χ3n) is 3.74. The van der Waals surface area contributed by atoms with Crippen LogP contribution in [0.25, 0.3) is 0 Å². The summed E-state index contributed by atoms with van der Waals surface area (Å²) in [6.07, 6.45) is 0. The molecule has 2 rings (SSSR count). The van der Waals surface area contributed by atoms with Crippen LogP contribution < -0.4 is 10.7 Å². The lowest BCUT2D eigenvalue weighted by Gasteiger charge is -2.12. The average molecular weight is 323 g/mol. The van der Waals surface area contributed by atoms with Crippen molar-refractivity contribution in [3.63, 3.8) is 0 Å². The Kier molecular flexibility index (Phi) is 6.13. The Hall–Kier alpha value is -2.62. The summed E-state index contributed by atoms with van der Waals surface area (Å²) < 4.78 is 0. The van der Waals surface area contributed by atoms with Crippen LogP contribution in [0, 0.1) is 19.8 Å². The van der Waals surface area contributed by atoms with Crippen molar-refractivity contribution in [2.24, 2.45) is 11.0 Å². The predicted molar refractivity (Wildman–Crippen MR) is 100 cm³/mol. The van der Waals surface area contributed by atoms with Crippen molar-refractivity contribution in [3.05, 3.63) is 65.2 Å². The van der Waals surface area contributed by atoms with E-state index in [-0.39, 0.29) is 18.4 Å². The van der Waals surface area contributed by atoms with Crippen molar-refractivity contribution in [1.29, 1.82) is 0 Å². The number of carbonyl (C=O) groups excluding carboxylic acids is 1. The molecular weight excluding hydrogens is 298 g/mol. The number of benzene rings is 2. The van der Waals surface area contributed by atoms with E-state index in [1.54, 1.807) is 0 Å². The second-order valence-electron chi connectivity index (χ2n) is 6.22. The SMILES string of the molecule is Cc1ccc(NCC(=O)N/N=C(\c2ccccc2)C(C)C)c(C)c1. The summed E-state index contributed by atoms with van der Waals surface area (Å²) in [5.74, 6) is 0.0593. The standard InChI is InChI=1S/C20H25N3O/c1-14(2)20(17-8-6-5-7-9-17)23-22-19(24)13-21-18-11-10-15(3)12-16(18)4/h5-12,14,21H,13H2,1-4H3,(H,22,24)/b23-20-. The van der Waals surface area contributed by atoms with Crippen molar-refractivity contribution < 1.29 is 4.79 Å². The molecule has 2 aromatic carbocycles. The van der Waals surface area contributed by atoms with E-state index in [1.165, 1.54) is 5.56 Å². The molecule has 0 aliphatic heterocycles. The van der Waals surface area contributed by atoms with E-state index in [9.17, 15) is 4.79 Å². The third-order valence-corrected chi connectivity index (χ3v) is 3.74. The number of rotatable bonds is 6. The average Bonchev–Trinajstić information content (AvgIpc) is 2.55. The second kappa shape index (κ2) is 8.29. The summed E-state index contributed by atoms with van der Waals surface area (Å²) in [6.45, 7) is 8.39. The molecule has 0 aliphatic carbocycles. The van der Waals surface area contributed by atoms with E-state index in [0.29, 0.717) is 0 Å². The van der Waals surface area contributed by atoms with E-state index in [0.717, 1.165) is 22.5 Å². The number of nitrogens with one attached hydrogen (secondary N) is 2. The Labute approximate surface area is 144 Å². The highest BCUT2D eigenvalue weighted by atomic mass is 16.2. The highest BCUT2D eigenvalue weighted by molar-refractivity contribution is 6.02. The molecule has 0 saturated heterocycles. The minimum atomic E-state index is -0.163. The first kappa shape index (κ1) is 17.7. The van der Waals surface area contributed by atoms with Crippen LogP contribution in [0.4, 0.5) is 5.69 Å². The molecule has 0 aromatic heterocycles. The Morgan fingerprint density at radius 3 is 2.42 bits per heavy atom. The fraction of sp³-hybridized carbons (Fsp3) is 0.300. The van der Waals surface area contributed by atoms with Gasteiger partial charge < -0.3 is 5.32 Å². The molecule has 24 heavy (non-hydrogen) atoms. The van der Waals surface area contributed by atoms with Gasteiger partial charge in [-0.3, -0.25) is 4.79 Å². The topological polar surface area (TPSA) is 53.5 Å². The number of anilines is 1. The lowest BCUT2D eigenvalue weighted by molar-refractivity contribution is -0.119. The zero-order valence-corrected chi connectivity index (χ0v) is 14.8. The van der Waals surface area contributed by atoms with Crippen LogP contribution in [0.5, 0.6) is 0 Å². The zero-order valence-electron chi connectivity index (χ0n) is 14.8. The molecule has 0 fully saturated rings. The summed E-state index contributed by atoms with van der Waals surface area (Å²) in [7, 11) is 0. The van der Waals surface area contributed by atoms with Gasteiger partial charge in [0.05, 0.1) is 12.3 Å². The Morgan fingerprint density at radius 1 is 1.08 bits per heavy atom. The van der Waals surface area contributed by atoms with Gasteiger partial charge in [0.25, 0.3) is 5.91 Å². The summed E-state index contributed by atoms with van der Waals surface area (Å²) >= 11 is 0. The highest BCUT2D eigenvalue weighted by Gasteiger charge is 2.09. The largest absolute Gasteiger partial charge is 0.376 e. The Morgan fingerprint density at radius 2 is 1.79 bits per heavy atom. The molecule has 4 heteroatoms. The van der Waals surface area contributed by atoms with Crippen molar-refractivity contribution in [3.8, 4) is 0 Å². The Balaban J connectivity index is 1.98. The fourth-order valence-electron chi connectivity index (χ4n) is 2.49. The van der Waals surface area contributed by atoms with Crippen LogP contribution in [-0.2, 0) is 4.79 Å². The Bertz CT molecular complexity index is 721. The van der Waals surface area contributed by atoms with Gasteiger partial charge in [-0.2, -0.15) is 5.10 Å². The lowest BCUT2D eigenvalue weighted by atomic mass is 10.0. The molecule has 0 unspecified atom stereocenters. The molecule has 0 atom stereocenters. The minimum Gasteiger partial charge on any atom is -0.376 e. The van der Waals surface area contributed by atoms with Crippen molar-refractivity contribution in [1.82, 2.24) is 5.43 Å². The van der Waals surface area contributed by atoms with E-state index in [2.05, 4.69) is 42.7 Å². The van der Waals surface area contributed by atoms with Gasteiger partial charge in [-0.05, 0) is 37.0 Å². The molecule has 0 spiro atoms. The van der Waals surface area contributed by atoms with Gasteiger partial charge in [0, 0.05) is 5.69 Å². The third kappa shape index (κ3) is 4.95. The molecular formula is C20H25N3O. The smallest absolute Gasteiger partial charge is 0.259 e. The number of carbonyl (C=O) groups is 1. The molecule has 0 saturated carbocycles. The summed E-state index contributed by atoms with van der Waals surface area (Å²) in [4.78, 5) is 12.1. The van der Waals surface area contributed by atoms with Gasteiger partial charge >= 0.3 is 0 Å². The first-order chi connectivity index (χ1) is 11.5. The summed E-state index contributed by atoms with van der Waals surface area (Å²) in [6, 6.07) is 16.0. The number of hydrogen-bond donors (Lipinski definition) is 2. The monoisotopic (exact) mass is 323 g/mol. The number of hydrazone groups is 1. The molecule has 0 bridgehead atoms. The van der Waals surface area contributed by atoms with E-state index in [4.69, 9.17) is 0 Å². The maximum absolute atomic E-state index is 12.1. The zero-order chi connectivity index (χ0) is 17.5. The summed E-state index contributed by atoms with van der Waals surface area (Å²) in [5, 5.41) is 7.47. The van der Waals surface area contributed by atoms with Gasteiger partial charge in [0.1, 0.15) is 0 Å². The minimum absolute atomic E-state index is 0.163. The van der Waals surface area contributed by atoms with Crippen LogP contribution >= 0.6 is 0 Å². The van der Waals surface area contributed by atoms with Gasteiger partial charge in [-0.15, -0.1) is 0 Å². The van der Waals surface area contributed by atoms with Gasteiger partial charge in [0.2, 0.25) is 0 Å². The molecule has 0 radical (unpaired) electrons. The maximum Gasteiger partial charge on any atom is 0.259 e. The van der Waals surface area contributed by atoms with E-state index >= 15 is 0 Å². The van der Waals surface area contributed by atoms with Gasteiger partial charge in [-0.1, -0.05) is 61.9 Å². The maximum atomic E-state index is 12.1. The molecule has 0 heterocycles. The fourth-order valence-corrected chi connectivity index (χ4v) is 2.49. The van der Waals surface area contributed by atoms with Crippen LogP contribution in [-0.4, -0.2) is 18.2 Å². The molecule has 2 N–H and O–H groups in total. The van der Waals surface area contributed by atoms with Gasteiger partial charge in [-0.25, -0.2) is 5.43 Å². The normalized spacial score (nSPS) is 11.5. The van der Waals surface area contributed by atoms with Crippen LogP contribution in [0.1, 0.15) is 30.5 Å². The lowest BCUT2D eigenvalue weighted by Crippen LogP contribution is -2.28. The molecule has 4 nitrogen and oxygen atoms in total. The van der Waals surface area contributed by atoms with Crippen molar-refractivity contribution in [2.45, 2.75) is 27.7 Å². The number of hydrogen-bond acceptors (Lipinski definition) is 3. The molecule has 0 aliphatic rings. The van der Waals surface area contributed by atoms with Crippen molar-refractivity contribution >= 4 is 17.3 Å². The van der Waals surface area contributed by atoms with Gasteiger partial charge in [0.15, 0.2) is 0 Å². The van der Waals surface area contributed by atoms with E-state index in [1.807, 2.05) is 49.4 Å².